The lowest BCUT2D eigenvalue weighted by atomic mass is 9.62. The van der Waals surface area contributed by atoms with Crippen LogP contribution in [0, 0.1) is 22.0 Å². The van der Waals surface area contributed by atoms with Gasteiger partial charge >= 0.3 is 0 Å². The Kier molecular flexibility index (Phi) is 3.63. The molecule has 0 amide bonds. The normalized spacial score (nSPS) is 33.0. The van der Waals surface area contributed by atoms with Crippen LogP contribution in [0.3, 0.4) is 0 Å². The Labute approximate surface area is 125 Å². The van der Waals surface area contributed by atoms with Crippen LogP contribution in [0.1, 0.15) is 37.2 Å². The molecule has 2 fully saturated rings. The van der Waals surface area contributed by atoms with Gasteiger partial charge in [-0.25, -0.2) is 0 Å². The number of fused-ring (bicyclic) bond motifs is 2. The summed E-state index contributed by atoms with van der Waals surface area (Å²) in [6.45, 7) is 0. The van der Waals surface area contributed by atoms with E-state index in [0.717, 1.165) is 29.3 Å². The Bertz CT molecular complexity index is 541. The molecule has 0 radical (unpaired) electrons. The molecule has 1 aromatic carbocycles. The van der Waals surface area contributed by atoms with Crippen molar-refractivity contribution >= 4 is 21.7 Å². The number of ketones is 1. The van der Waals surface area contributed by atoms with Crippen LogP contribution in [-0.2, 0) is 4.79 Å². The van der Waals surface area contributed by atoms with Crippen LogP contribution in [0.4, 0.5) is 0 Å². The molecular formula is C15H16BrNO3. The van der Waals surface area contributed by atoms with Crippen molar-refractivity contribution in [3.8, 4) is 0 Å². The molecule has 4 atom stereocenters. The van der Waals surface area contributed by atoms with Crippen molar-refractivity contribution in [1.82, 2.24) is 0 Å². The van der Waals surface area contributed by atoms with E-state index in [-0.39, 0.29) is 28.5 Å². The molecule has 20 heavy (non-hydrogen) atoms. The van der Waals surface area contributed by atoms with Crippen LogP contribution in [0.2, 0.25) is 0 Å². The molecular weight excluding hydrogens is 322 g/mol. The molecule has 2 aliphatic carbocycles. The third-order valence-corrected chi connectivity index (χ3v) is 5.26. The fraction of sp³-hybridized carbons (Fsp3) is 0.533. The minimum Gasteiger partial charge on any atom is -0.299 e. The number of benzene rings is 1. The smallest absolute Gasteiger partial charge is 0.221 e. The highest BCUT2D eigenvalue weighted by Crippen LogP contribution is 2.46. The summed E-state index contributed by atoms with van der Waals surface area (Å²) in [5.74, 6) is -0.264. The zero-order chi connectivity index (χ0) is 14.3. The number of nitrogens with zero attached hydrogens (tertiary/aromatic N) is 1. The van der Waals surface area contributed by atoms with E-state index < -0.39 is 6.04 Å². The zero-order valence-electron chi connectivity index (χ0n) is 11.0. The third-order valence-electron chi connectivity index (χ3n) is 4.74. The lowest BCUT2D eigenvalue weighted by molar-refractivity contribution is -0.532. The molecule has 0 unspecified atom stereocenters. The molecule has 2 bridgehead atoms. The fourth-order valence-corrected chi connectivity index (χ4v) is 4.09. The lowest BCUT2D eigenvalue weighted by Crippen LogP contribution is -2.47. The van der Waals surface area contributed by atoms with E-state index in [1.807, 2.05) is 24.3 Å². The van der Waals surface area contributed by atoms with Crippen molar-refractivity contribution in [2.24, 2.45) is 11.8 Å². The molecule has 0 heterocycles. The first-order chi connectivity index (χ1) is 9.58. The van der Waals surface area contributed by atoms with Crippen LogP contribution < -0.4 is 0 Å². The topological polar surface area (TPSA) is 60.2 Å². The highest BCUT2D eigenvalue weighted by molar-refractivity contribution is 9.10. The van der Waals surface area contributed by atoms with Crippen molar-refractivity contribution in [2.75, 3.05) is 0 Å². The molecule has 106 valence electrons. The highest BCUT2D eigenvalue weighted by Gasteiger charge is 2.51. The van der Waals surface area contributed by atoms with Crippen LogP contribution in [0.25, 0.3) is 0 Å². The van der Waals surface area contributed by atoms with E-state index in [0.29, 0.717) is 6.42 Å². The van der Waals surface area contributed by atoms with Gasteiger partial charge in [0.1, 0.15) is 5.78 Å². The van der Waals surface area contributed by atoms with E-state index in [9.17, 15) is 14.9 Å². The van der Waals surface area contributed by atoms with Gasteiger partial charge in [-0.15, -0.1) is 0 Å². The Morgan fingerprint density at radius 3 is 2.55 bits per heavy atom. The second kappa shape index (κ2) is 5.28. The molecule has 0 aromatic heterocycles. The van der Waals surface area contributed by atoms with Crippen LogP contribution >= 0.6 is 15.9 Å². The number of hydrogen-bond acceptors (Lipinski definition) is 3. The third kappa shape index (κ3) is 2.28. The molecule has 2 aliphatic rings. The quantitative estimate of drug-likeness (QED) is 0.612. The average molecular weight is 338 g/mol. The molecule has 0 spiro atoms. The SMILES string of the molecule is O=C1[C@@H]2CCC[C@H]1[C@H](c1ccc(Br)cc1)[C@@H]([N+](=O)[O-])C2. The molecule has 0 aliphatic heterocycles. The lowest BCUT2D eigenvalue weighted by Gasteiger charge is -2.40. The maximum Gasteiger partial charge on any atom is 0.221 e. The minimum absolute atomic E-state index is 0.0872. The molecule has 5 heteroatoms. The number of carbonyl (C=O) groups is 1. The summed E-state index contributed by atoms with van der Waals surface area (Å²) in [5, 5.41) is 11.4. The monoisotopic (exact) mass is 337 g/mol. The van der Waals surface area contributed by atoms with E-state index in [1.165, 1.54) is 0 Å². The van der Waals surface area contributed by atoms with Gasteiger partial charge in [-0.1, -0.05) is 34.5 Å². The van der Waals surface area contributed by atoms with Crippen molar-refractivity contribution in [3.05, 3.63) is 44.4 Å². The van der Waals surface area contributed by atoms with Crippen LogP contribution in [-0.4, -0.2) is 16.7 Å². The number of carbonyl (C=O) groups excluding carboxylic acids is 1. The summed E-state index contributed by atoms with van der Waals surface area (Å²) in [4.78, 5) is 23.6. The van der Waals surface area contributed by atoms with E-state index in [1.54, 1.807) is 0 Å². The van der Waals surface area contributed by atoms with Gasteiger partial charge in [0, 0.05) is 27.7 Å². The first kappa shape index (κ1) is 13.7. The van der Waals surface area contributed by atoms with Gasteiger partial charge in [0.05, 0.1) is 5.92 Å². The maximum absolute atomic E-state index is 12.4. The summed E-state index contributed by atoms with van der Waals surface area (Å²) in [6.07, 6.45) is 3.04. The Hall–Kier alpha value is -1.23. The highest BCUT2D eigenvalue weighted by atomic mass is 79.9. The molecule has 1 aromatic rings. The standard InChI is InChI=1S/C15H16BrNO3/c16-11-6-4-9(5-7-11)14-12-3-1-2-10(15(12)18)8-13(14)17(19)20/h4-7,10,12-14H,1-3,8H2/t10-,12+,13+,14+/m1/s1. The Morgan fingerprint density at radius 2 is 1.90 bits per heavy atom. The van der Waals surface area contributed by atoms with Gasteiger partial charge in [0.2, 0.25) is 6.04 Å². The zero-order valence-corrected chi connectivity index (χ0v) is 12.6. The predicted octanol–water partition coefficient (Wildman–Crippen LogP) is 3.57. The largest absolute Gasteiger partial charge is 0.299 e. The summed E-state index contributed by atoms with van der Waals surface area (Å²) >= 11 is 3.38. The fourth-order valence-electron chi connectivity index (χ4n) is 3.82. The molecule has 0 saturated heterocycles. The number of Topliss-reactive ketones (excluding diaryl/α,β-unsaturated/α-hetero) is 1. The maximum atomic E-state index is 12.4. The molecule has 4 nitrogen and oxygen atoms in total. The first-order valence-corrected chi connectivity index (χ1v) is 7.80. The van der Waals surface area contributed by atoms with Crippen LogP contribution in [0.15, 0.2) is 28.7 Å². The van der Waals surface area contributed by atoms with Crippen molar-refractivity contribution < 1.29 is 9.72 Å². The van der Waals surface area contributed by atoms with Gasteiger partial charge in [-0.3, -0.25) is 14.9 Å². The number of rotatable bonds is 2. The van der Waals surface area contributed by atoms with Crippen molar-refractivity contribution in [2.45, 2.75) is 37.6 Å². The number of halogens is 1. The Morgan fingerprint density at radius 1 is 1.20 bits per heavy atom. The predicted molar refractivity (Wildman–Crippen MR) is 78.1 cm³/mol. The summed E-state index contributed by atoms with van der Waals surface area (Å²) in [6, 6.07) is 6.99. The summed E-state index contributed by atoms with van der Waals surface area (Å²) in [5.41, 5.74) is 0.925. The van der Waals surface area contributed by atoms with Gasteiger partial charge in [0.15, 0.2) is 0 Å². The second-order valence-electron chi connectivity index (χ2n) is 5.80. The Balaban J connectivity index is 2.00. The average Bonchev–Trinajstić information content (AvgIpc) is 2.40. The minimum atomic E-state index is -0.621. The second-order valence-corrected chi connectivity index (χ2v) is 6.72. The van der Waals surface area contributed by atoms with E-state index in [2.05, 4.69) is 15.9 Å². The number of hydrogen-bond donors (Lipinski definition) is 0. The van der Waals surface area contributed by atoms with Gasteiger partial charge in [-0.2, -0.15) is 0 Å². The molecule has 0 N–H and O–H groups in total. The van der Waals surface area contributed by atoms with Crippen molar-refractivity contribution in [1.29, 1.82) is 0 Å². The van der Waals surface area contributed by atoms with E-state index >= 15 is 0 Å². The van der Waals surface area contributed by atoms with Crippen LogP contribution in [0.5, 0.6) is 0 Å². The number of nitro groups is 1. The van der Waals surface area contributed by atoms with Crippen molar-refractivity contribution in [3.63, 3.8) is 0 Å². The van der Waals surface area contributed by atoms with Gasteiger partial charge < -0.3 is 0 Å². The van der Waals surface area contributed by atoms with Gasteiger partial charge in [0.25, 0.3) is 0 Å². The molecule has 3 rings (SSSR count). The first-order valence-electron chi connectivity index (χ1n) is 7.00. The summed E-state index contributed by atoms with van der Waals surface area (Å²) < 4.78 is 0.947. The summed E-state index contributed by atoms with van der Waals surface area (Å²) in [7, 11) is 0. The van der Waals surface area contributed by atoms with E-state index in [4.69, 9.17) is 0 Å². The van der Waals surface area contributed by atoms with Gasteiger partial charge in [-0.05, 0) is 30.5 Å². The molecule has 2 saturated carbocycles.